The molecule has 9 nitrogen and oxygen atoms in total. The molecule has 1 spiro atoms. The number of aliphatic hydroxyl groups is 1. The Kier molecular flexibility index (Phi) is 15.9. The summed E-state index contributed by atoms with van der Waals surface area (Å²) in [6.45, 7) is 5.22. The number of ketones is 1. The maximum Gasteiger partial charge on any atom is 0.189 e. The number of carbonyl (C=O) groups is 1. The van der Waals surface area contributed by atoms with Gasteiger partial charge in [0.15, 0.2) is 23.2 Å². The van der Waals surface area contributed by atoms with Crippen molar-refractivity contribution in [2.24, 2.45) is 46.2 Å². The third kappa shape index (κ3) is 11.2. The zero-order chi connectivity index (χ0) is 51.6. The van der Waals surface area contributed by atoms with Crippen LogP contribution in [0.3, 0.4) is 0 Å². The molecule has 7 aliphatic carbocycles. The van der Waals surface area contributed by atoms with E-state index in [9.17, 15) is 20.1 Å². The lowest BCUT2D eigenvalue weighted by atomic mass is 9.55. The molecular formula is C66H85N3O6. The second-order valence-electron chi connectivity index (χ2n) is 24.7. The van der Waals surface area contributed by atoms with E-state index >= 15 is 0 Å². The molecule has 75 heavy (non-hydrogen) atoms. The van der Waals surface area contributed by atoms with Crippen LogP contribution in [0.4, 0.5) is 0 Å². The molecule has 6 N–H and O–H groups in total. The van der Waals surface area contributed by atoms with Gasteiger partial charge in [-0.2, -0.15) is 0 Å². The third-order valence-electron chi connectivity index (χ3n) is 19.6. The molecule has 1 heterocycles. The van der Waals surface area contributed by atoms with Crippen LogP contribution in [0.15, 0.2) is 76.8 Å². The van der Waals surface area contributed by atoms with E-state index in [2.05, 4.69) is 73.5 Å². The smallest absolute Gasteiger partial charge is 0.189 e. The maximum atomic E-state index is 14.4. The van der Waals surface area contributed by atoms with Gasteiger partial charge in [0.1, 0.15) is 5.75 Å². The van der Waals surface area contributed by atoms with Crippen LogP contribution in [0.2, 0.25) is 0 Å². The minimum absolute atomic E-state index is 0.00876. The molecule has 0 amide bonds. The first-order valence-electron chi connectivity index (χ1n) is 29.8. The number of ether oxygens (including phenoxy) is 2. The first kappa shape index (κ1) is 52.0. The second kappa shape index (κ2) is 22.9. The molecular weight excluding hydrogens is 931 g/mol. The molecule has 8 aliphatic rings. The lowest BCUT2D eigenvalue weighted by molar-refractivity contribution is -0.115. The summed E-state index contributed by atoms with van der Waals surface area (Å²) >= 11 is 0. The van der Waals surface area contributed by atoms with Crippen molar-refractivity contribution in [2.75, 3.05) is 13.2 Å². The van der Waals surface area contributed by atoms with Gasteiger partial charge in [-0.1, -0.05) is 112 Å². The van der Waals surface area contributed by atoms with Gasteiger partial charge in [0.25, 0.3) is 0 Å². The fourth-order valence-corrected chi connectivity index (χ4v) is 15.8. The number of phenols is 2. The lowest BCUT2D eigenvalue weighted by Gasteiger charge is -2.50. The number of aliphatic hydroxyl groups excluding tert-OH is 1. The highest BCUT2D eigenvalue weighted by Gasteiger charge is 2.49. The molecule has 9 unspecified atom stereocenters. The Morgan fingerprint density at radius 1 is 0.893 bits per heavy atom. The molecule has 9 heteroatoms. The van der Waals surface area contributed by atoms with Gasteiger partial charge in [-0.05, 0) is 190 Å². The molecule has 4 saturated carbocycles. The van der Waals surface area contributed by atoms with Crippen LogP contribution in [0.5, 0.6) is 17.2 Å². The van der Waals surface area contributed by atoms with Crippen molar-refractivity contribution in [1.29, 1.82) is 0 Å². The van der Waals surface area contributed by atoms with Crippen molar-refractivity contribution in [2.45, 2.75) is 204 Å². The van der Waals surface area contributed by atoms with Gasteiger partial charge in [-0.25, -0.2) is 4.99 Å². The quantitative estimate of drug-likeness (QED) is 0.0943. The molecule has 8 bridgehead atoms. The van der Waals surface area contributed by atoms with Gasteiger partial charge >= 0.3 is 0 Å². The van der Waals surface area contributed by atoms with E-state index in [-0.39, 0.29) is 83.4 Å². The predicted molar refractivity (Wildman–Crippen MR) is 298 cm³/mol. The number of aliphatic imine (C=N–C) groups is 1. The summed E-state index contributed by atoms with van der Waals surface area (Å²) in [6.07, 6.45) is 27.1. The summed E-state index contributed by atoms with van der Waals surface area (Å²) in [6, 6.07) is 17.2. The Morgan fingerprint density at radius 3 is 2.48 bits per heavy atom. The summed E-state index contributed by atoms with van der Waals surface area (Å²) in [7, 11) is 0. The van der Waals surface area contributed by atoms with Gasteiger partial charge in [0.2, 0.25) is 0 Å². The Balaban J connectivity index is 1.11. The Hall–Kier alpha value is -5.04. The van der Waals surface area contributed by atoms with E-state index in [4.69, 9.17) is 20.2 Å². The highest BCUT2D eigenvalue weighted by atomic mass is 16.5. The van der Waals surface area contributed by atoms with Gasteiger partial charge in [0.05, 0.1) is 30.4 Å². The Bertz CT molecular complexity index is 2710. The molecule has 9 atom stereocenters. The van der Waals surface area contributed by atoms with E-state index in [0.29, 0.717) is 62.1 Å². The zero-order valence-electron chi connectivity index (χ0n) is 45.1. The molecule has 3 aromatic rings. The molecule has 11 rings (SSSR count). The average molecular weight is 1020 g/mol. The van der Waals surface area contributed by atoms with Crippen molar-refractivity contribution >= 4 is 11.7 Å². The first-order valence-corrected chi connectivity index (χ1v) is 29.8. The van der Waals surface area contributed by atoms with Gasteiger partial charge in [-0.3, -0.25) is 4.79 Å². The molecule has 0 aromatic heterocycles. The summed E-state index contributed by atoms with van der Waals surface area (Å²) in [4.78, 5) is 19.9. The number of phenolic OH excluding ortho intramolecular Hbond substituents is 2. The molecule has 4 fully saturated rings. The van der Waals surface area contributed by atoms with Crippen LogP contribution < -0.4 is 15.8 Å². The van der Waals surface area contributed by atoms with E-state index in [0.717, 1.165) is 130 Å². The monoisotopic (exact) mass is 1020 g/mol. The number of rotatable bonds is 11. The van der Waals surface area contributed by atoms with Crippen molar-refractivity contribution in [3.63, 3.8) is 0 Å². The van der Waals surface area contributed by atoms with E-state index in [1.807, 2.05) is 18.2 Å². The fourth-order valence-electron chi connectivity index (χ4n) is 15.8. The largest absolute Gasteiger partial charge is 0.508 e. The standard InChI is InChI=1S/C66H85N3O6/c1-3-44-34-46(22-23-47(44)39-70)60(72)25-24-45-38-61(75-54-19-8-9-20-54)64(73)63-55(45)21-13-16-51-35-49-37-57-56(28-41(2)29-58(57)62(63)59(49)40-74-53-17-6-4-7-18-53)48-31-43(33-52(71)36-48)30-42-14-12-15-50(32-42)66(69-65(67)68-51)26-10-5-11-27-66/h12,14-15,31-34,36-38,41,44,47,49,51,53-54,56,58-59,62,70-71,73H,3-11,16-20,22-30,35,39-40H2,1-2H3,(H3,67,68,69). The number of hydrogen-bond donors (Lipinski definition) is 5. The number of aryl methyl sites for hydroxylation is 1. The lowest BCUT2D eigenvalue weighted by Crippen LogP contribution is -2.50. The van der Waals surface area contributed by atoms with Gasteiger partial charge in [-0.15, -0.1) is 0 Å². The molecule has 0 saturated heterocycles. The minimum Gasteiger partial charge on any atom is -0.508 e. The van der Waals surface area contributed by atoms with Gasteiger partial charge < -0.3 is 35.8 Å². The van der Waals surface area contributed by atoms with Crippen LogP contribution in [0, 0.1) is 47.3 Å². The summed E-state index contributed by atoms with van der Waals surface area (Å²) in [5, 5.41) is 39.1. The number of guanidine groups is 1. The van der Waals surface area contributed by atoms with E-state index in [1.165, 1.54) is 42.4 Å². The number of nitrogens with one attached hydrogen (secondary N) is 1. The normalized spacial score (nSPS) is 29.7. The molecule has 400 valence electrons. The highest BCUT2D eigenvalue weighted by molar-refractivity contribution is 5.95. The van der Waals surface area contributed by atoms with Crippen LogP contribution in [0.1, 0.15) is 206 Å². The van der Waals surface area contributed by atoms with Crippen molar-refractivity contribution < 1.29 is 29.6 Å². The summed E-state index contributed by atoms with van der Waals surface area (Å²) < 4.78 is 14.2. The van der Waals surface area contributed by atoms with Crippen LogP contribution in [-0.4, -0.2) is 58.5 Å². The summed E-state index contributed by atoms with van der Waals surface area (Å²) in [5.74, 6) is 9.69. The minimum atomic E-state index is -0.360. The number of nitrogens with zero attached hydrogens (tertiary/aromatic N) is 1. The van der Waals surface area contributed by atoms with Crippen molar-refractivity contribution in [1.82, 2.24) is 5.32 Å². The first-order chi connectivity index (χ1) is 36.5. The molecule has 3 aromatic carbocycles. The fraction of sp³-hybridized carbons (Fsp3) is 0.606. The third-order valence-corrected chi connectivity index (χ3v) is 19.6. The van der Waals surface area contributed by atoms with Crippen LogP contribution >= 0.6 is 0 Å². The van der Waals surface area contributed by atoms with Gasteiger partial charge in [0, 0.05) is 42.4 Å². The average Bonchev–Trinajstić information content (AvgIpc) is 3.93. The second-order valence-corrected chi connectivity index (χ2v) is 24.7. The van der Waals surface area contributed by atoms with E-state index in [1.54, 1.807) is 0 Å². The number of nitrogens with two attached hydrogens (primary N) is 1. The molecule has 0 radical (unpaired) electrons. The Labute approximate surface area is 447 Å². The van der Waals surface area contributed by atoms with Crippen LogP contribution in [-0.2, 0) is 27.9 Å². The Morgan fingerprint density at radius 2 is 1.68 bits per heavy atom. The SMILES string of the molecule is CCC1C=C(C(=O)CCc2cc(OC3CCCC3)c(O)c3c2C#CCC2CC4C=C5C(CC(C)CC5C3C4COC3CCCCC3)c3cc(O)cc(c3)Cc3cccc(c3)C3(CCCCC3)NC(N)=N2)CCC1CO. The zero-order valence-corrected chi connectivity index (χ0v) is 45.1. The molecule has 1 aliphatic heterocycles. The maximum absolute atomic E-state index is 14.4. The topological polar surface area (TPSA) is 147 Å². The highest BCUT2D eigenvalue weighted by Crippen LogP contribution is 2.60. The number of benzene rings is 3. The predicted octanol–water partition coefficient (Wildman–Crippen LogP) is 12.9. The number of hydrogen-bond acceptors (Lipinski definition) is 9. The number of fused-ring (bicyclic) bond motifs is 11. The number of Topliss-reactive ketones (excluding diaryl/α,β-unsaturated/α-hetero) is 1. The van der Waals surface area contributed by atoms with Crippen molar-refractivity contribution in [3.8, 4) is 29.1 Å². The van der Waals surface area contributed by atoms with Crippen LogP contribution in [0.25, 0.3) is 0 Å². The number of allylic oxidation sites excluding steroid dienone is 4. The summed E-state index contributed by atoms with van der Waals surface area (Å²) in [5.41, 5.74) is 16.5. The number of carbonyl (C=O) groups excluding carboxylic acids is 1. The van der Waals surface area contributed by atoms with E-state index < -0.39 is 0 Å². The van der Waals surface area contributed by atoms with Crippen molar-refractivity contribution in [3.05, 3.63) is 111 Å². The number of aromatic hydroxyl groups is 2.